The summed E-state index contributed by atoms with van der Waals surface area (Å²) >= 11 is 0. The lowest BCUT2D eigenvalue weighted by atomic mass is 10.0. The third-order valence-electron chi connectivity index (χ3n) is 3.56. The Morgan fingerprint density at radius 2 is 2.25 bits per heavy atom. The van der Waals surface area contributed by atoms with Gasteiger partial charge in [-0.25, -0.2) is 0 Å². The summed E-state index contributed by atoms with van der Waals surface area (Å²) in [5.74, 6) is 1.25. The van der Waals surface area contributed by atoms with Crippen LogP contribution in [-0.2, 0) is 0 Å². The average molecular weight is 219 g/mol. The predicted octanol–water partition coefficient (Wildman–Crippen LogP) is 3.15. The molecule has 0 bridgehead atoms. The van der Waals surface area contributed by atoms with Crippen LogP contribution in [0.5, 0.6) is 5.75 Å². The van der Waals surface area contributed by atoms with Crippen LogP contribution in [0.2, 0.25) is 0 Å². The molecule has 1 fully saturated rings. The Hall–Kier alpha value is -1.02. The molecule has 2 rings (SSSR count). The summed E-state index contributed by atoms with van der Waals surface area (Å²) < 4.78 is 0. The molecule has 0 saturated heterocycles. The van der Waals surface area contributed by atoms with Crippen LogP contribution in [0.3, 0.4) is 0 Å². The first-order chi connectivity index (χ1) is 7.61. The zero-order chi connectivity index (χ0) is 11.7. The van der Waals surface area contributed by atoms with Gasteiger partial charge >= 0.3 is 0 Å². The van der Waals surface area contributed by atoms with Gasteiger partial charge in [-0.1, -0.05) is 25.5 Å². The van der Waals surface area contributed by atoms with E-state index < -0.39 is 0 Å². The van der Waals surface area contributed by atoms with E-state index in [9.17, 15) is 5.11 Å². The van der Waals surface area contributed by atoms with Crippen molar-refractivity contribution < 1.29 is 5.11 Å². The normalized spacial score (nSPS) is 25.4. The lowest BCUT2D eigenvalue weighted by molar-refractivity contribution is 0.448. The summed E-state index contributed by atoms with van der Waals surface area (Å²) in [6.45, 7) is 6.35. The molecule has 0 aromatic heterocycles. The summed E-state index contributed by atoms with van der Waals surface area (Å²) in [5, 5.41) is 13.4. The van der Waals surface area contributed by atoms with E-state index in [0.717, 1.165) is 17.0 Å². The molecule has 1 aliphatic rings. The minimum Gasteiger partial charge on any atom is -0.508 e. The van der Waals surface area contributed by atoms with E-state index in [0.29, 0.717) is 11.8 Å². The van der Waals surface area contributed by atoms with Crippen molar-refractivity contribution in [3.8, 4) is 5.75 Å². The van der Waals surface area contributed by atoms with Gasteiger partial charge in [0.1, 0.15) is 5.75 Å². The second-order valence-corrected chi connectivity index (χ2v) is 4.96. The highest BCUT2D eigenvalue weighted by Crippen LogP contribution is 2.36. The fourth-order valence-corrected chi connectivity index (χ4v) is 2.33. The van der Waals surface area contributed by atoms with Gasteiger partial charge in [0.25, 0.3) is 0 Å². The molecule has 1 aromatic rings. The van der Waals surface area contributed by atoms with Crippen molar-refractivity contribution in [3.63, 3.8) is 0 Å². The maximum Gasteiger partial charge on any atom is 0.120 e. The molecule has 2 heteroatoms. The first-order valence-corrected chi connectivity index (χ1v) is 6.17. The number of nitrogens with one attached hydrogen (secondary N) is 1. The van der Waals surface area contributed by atoms with Gasteiger partial charge in [-0.2, -0.15) is 0 Å². The van der Waals surface area contributed by atoms with Crippen molar-refractivity contribution in [2.24, 2.45) is 5.92 Å². The van der Waals surface area contributed by atoms with Gasteiger partial charge in [0.05, 0.1) is 0 Å². The van der Waals surface area contributed by atoms with E-state index in [4.69, 9.17) is 0 Å². The van der Waals surface area contributed by atoms with Gasteiger partial charge in [0, 0.05) is 17.6 Å². The van der Waals surface area contributed by atoms with E-state index in [1.54, 1.807) is 0 Å². The Labute approximate surface area is 97.7 Å². The molecule has 16 heavy (non-hydrogen) atoms. The highest BCUT2D eigenvalue weighted by Gasteiger charge is 2.36. The summed E-state index contributed by atoms with van der Waals surface area (Å²) in [5.41, 5.74) is 2.11. The number of phenolic OH excluding ortho intramolecular Hbond substituents is 1. The molecule has 88 valence electrons. The number of aromatic hydroxyl groups is 1. The average Bonchev–Trinajstić information content (AvgIpc) is 2.96. The molecule has 0 amide bonds. The van der Waals surface area contributed by atoms with Gasteiger partial charge in [-0.05, 0) is 37.8 Å². The summed E-state index contributed by atoms with van der Waals surface area (Å²) in [6.07, 6.45) is 2.54. The van der Waals surface area contributed by atoms with E-state index in [-0.39, 0.29) is 6.04 Å². The molecule has 2 N–H and O–H groups in total. The lowest BCUT2D eigenvalue weighted by Gasteiger charge is -2.16. The monoisotopic (exact) mass is 219 g/mol. The van der Waals surface area contributed by atoms with Gasteiger partial charge in [0.2, 0.25) is 0 Å². The fraction of sp³-hybridized carbons (Fsp3) is 0.571. The SMILES string of the molecule is CCC1CC1NC(C)c1ccc(C)cc1O. The van der Waals surface area contributed by atoms with Crippen LogP contribution in [0.15, 0.2) is 18.2 Å². The molecule has 2 nitrogen and oxygen atoms in total. The number of aryl methyl sites for hydroxylation is 1. The fourth-order valence-electron chi connectivity index (χ4n) is 2.33. The Balaban J connectivity index is 2.01. The third-order valence-corrected chi connectivity index (χ3v) is 3.56. The molecule has 1 aliphatic carbocycles. The lowest BCUT2D eigenvalue weighted by Crippen LogP contribution is -2.22. The topological polar surface area (TPSA) is 32.3 Å². The molecule has 1 saturated carbocycles. The highest BCUT2D eigenvalue weighted by atomic mass is 16.3. The first kappa shape index (κ1) is 11.5. The molecule has 1 aromatic carbocycles. The Morgan fingerprint density at radius 1 is 1.50 bits per heavy atom. The molecule has 0 aliphatic heterocycles. The molecular weight excluding hydrogens is 198 g/mol. The summed E-state index contributed by atoms with van der Waals surface area (Å²) in [6, 6.07) is 6.80. The maximum atomic E-state index is 9.88. The van der Waals surface area contributed by atoms with Crippen molar-refractivity contribution in [2.75, 3.05) is 0 Å². The minimum absolute atomic E-state index is 0.238. The van der Waals surface area contributed by atoms with Gasteiger partial charge in [-0.15, -0.1) is 0 Å². The van der Waals surface area contributed by atoms with Crippen LogP contribution < -0.4 is 5.32 Å². The van der Waals surface area contributed by atoms with Crippen molar-refractivity contribution in [2.45, 2.75) is 45.7 Å². The largest absolute Gasteiger partial charge is 0.508 e. The van der Waals surface area contributed by atoms with Crippen LogP contribution in [0.25, 0.3) is 0 Å². The van der Waals surface area contributed by atoms with E-state index in [1.165, 1.54) is 12.8 Å². The van der Waals surface area contributed by atoms with E-state index in [2.05, 4.69) is 25.2 Å². The minimum atomic E-state index is 0.238. The van der Waals surface area contributed by atoms with Crippen LogP contribution in [0, 0.1) is 12.8 Å². The third kappa shape index (κ3) is 2.38. The Kier molecular flexibility index (Phi) is 3.20. The number of rotatable bonds is 4. The van der Waals surface area contributed by atoms with E-state index in [1.807, 2.05) is 19.1 Å². The quantitative estimate of drug-likeness (QED) is 0.815. The van der Waals surface area contributed by atoms with Crippen LogP contribution in [0.4, 0.5) is 0 Å². The second-order valence-electron chi connectivity index (χ2n) is 4.96. The van der Waals surface area contributed by atoms with Gasteiger partial charge in [0.15, 0.2) is 0 Å². The number of hydrogen-bond acceptors (Lipinski definition) is 2. The van der Waals surface area contributed by atoms with Crippen molar-refractivity contribution in [3.05, 3.63) is 29.3 Å². The van der Waals surface area contributed by atoms with Gasteiger partial charge in [-0.3, -0.25) is 0 Å². The molecule has 3 unspecified atom stereocenters. The zero-order valence-corrected chi connectivity index (χ0v) is 10.3. The van der Waals surface area contributed by atoms with E-state index >= 15 is 0 Å². The standard InChI is InChI=1S/C14H21NO/c1-4-11-8-13(11)15-10(3)12-6-5-9(2)7-14(12)16/h5-7,10-11,13,15-16H,4,8H2,1-3H3. The predicted molar refractivity (Wildman–Crippen MR) is 66.6 cm³/mol. The number of phenols is 1. The van der Waals surface area contributed by atoms with Gasteiger partial charge < -0.3 is 10.4 Å². The van der Waals surface area contributed by atoms with Crippen molar-refractivity contribution >= 4 is 0 Å². The Morgan fingerprint density at radius 3 is 2.81 bits per heavy atom. The maximum absolute atomic E-state index is 9.88. The zero-order valence-electron chi connectivity index (χ0n) is 10.3. The second kappa shape index (κ2) is 4.46. The van der Waals surface area contributed by atoms with Crippen molar-refractivity contribution in [1.82, 2.24) is 5.32 Å². The smallest absolute Gasteiger partial charge is 0.120 e. The number of benzene rings is 1. The Bertz CT molecular complexity index is 375. The highest BCUT2D eigenvalue weighted by molar-refractivity contribution is 5.37. The molecule has 0 spiro atoms. The molecule has 3 atom stereocenters. The summed E-state index contributed by atoms with van der Waals surface area (Å²) in [7, 11) is 0. The summed E-state index contributed by atoms with van der Waals surface area (Å²) in [4.78, 5) is 0. The van der Waals surface area contributed by atoms with Crippen LogP contribution in [-0.4, -0.2) is 11.1 Å². The molecule has 0 heterocycles. The van der Waals surface area contributed by atoms with Crippen LogP contribution >= 0.6 is 0 Å². The molecule has 0 radical (unpaired) electrons. The number of hydrogen-bond donors (Lipinski definition) is 2. The van der Waals surface area contributed by atoms with Crippen LogP contribution in [0.1, 0.15) is 43.9 Å². The first-order valence-electron chi connectivity index (χ1n) is 6.17. The molecular formula is C14H21NO. The van der Waals surface area contributed by atoms with Crippen molar-refractivity contribution in [1.29, 1.82) is 0 Å².